The van der Waals surface area contributed by atoms with Crippen molar-refractivity contribution in [1.29, 1.82) is 0 Å². The van der Waals surface area contributed by atoms with Crippen molar-refractivity contribution >= 4 is 23.4 Å². The van der Waals surface area contributed by atoms with Gasteiger partial charge >= 0.3 is 0 Å². The Hall–Kier alpha value is -1.95. The maximum Gasteiger partial charge on any atom is 0.274 e. The van der Waals surface area contributed by atoms with E-state index in [0.29, 0.717) is 5.02 Å². The van der Waals surface area contributed by atoms with Crippen LogP contribution in [0.1, 0.15) is 16.8 Å². The van der Waals surface area contributed by atoms with Gasteiger partial charge in [0.05, 0.1) is 11.4 Å². The average molecular weight is 386 g/mol. The highest BCUT2D eigenvalue weighted by Crippen LogP contribution is 2.20. The van der Waals surface area contributed by atoms with E-state index in [2.05, 4.69) is 40.5 Å². The first-order valence-corrected chi connectivity index (χ1v) is 10.2. The molecule has 3 aromatic rings. The lowest BCUT2D eigenvalue weighted by Crippen LogP contribution is -2.31. The number of nitrogens with zero attached hydrogens (tertiary/aromatic N) is 2. The predicted octanol–water partition coefficient (Wildman–Crippen LogP) is 4.10. The Labute approximate surface area is 161 Å². The lowest BCUT2D eigenvalue weighted by atomic mass is 10.1. The van der Waals surface area contributed by atoms with E-state index in [1.54, 1.807) is 28.6 Å². The topological polar surface area (TPSA) is 41.0 Å². The van der Waals surface area contributed by atoms with Crippen LogP contribution in [0.15, 0.2) is 58.2 Å². The van der Waals surface area contributed by atoms with Gasteiger partial charge in [-0.05, 0) is 54.6 Å². The molecule has 4 nitrogen and oxygen atoms in total. The molecule has 0 bridgehead atoms. The second-order valence-corrected chi connectivity index (χ2v) is 7.81. The second-order valence-electron chi connectivity index (χ2n) is 6.49. The number of hydrogen-bond acceptors (Lipinski definition) is 3. The molecule has 1 aliphatic heterocycles. The zero-order valence-electron chi connectivity index (χ0n) is 14.5. The molecule has 0 amide bonds. The van der Waals surface area contributed by atoms with Gasteiger partial charge in [0.1, 0.15) is 0 Å². The van der Waals surface area contributed by atoms with Gasteiger partial charge in [-0.15, -0.1) is 11.8 Å². The highest BCUT2D eigenvalue weighted by molar-refractivity contribution is 7.98. The molecule has 2 aromatic carbocycles. The average Bonchev–Trinajstić information content (AvgIpc) is 2.99. The number of H-pyrrole nitrogens is 1. The molecular formula is C20H20ClN3OS. The summed E-state index contributed by atoms with van der Waals surface area (Å²) in [6.45, 7) is 2.54. The van der Waals surface area contributed by atoms with Crippen LogP contribution in [0, 0.1) is 0 Å². The Morgan fingerprint density at radius 2 is 1.85 bits per heavy atom. The maximum absolute atomic E-state index is 12.7. The van der Waals surface area contributed by atoms with Gasteiger partial charge in [0.2, 0.25) is 0 Å². The molecule has 6 heteroatoms. The molecule has 0 saturated heterocycles. The fourth-order valence-corrected chi connectivity index (χ4v) is 3.91. The molecule has 26 heavy (non-hydrogen) atoms. The van der Waals surface area contributed by atoms with Gasteiger partial charge in [0.15, 0.2) is 0 Å². The summed E-state index contributed by atoms with van der Waals surface area (Å²) in [7, 11) is 0. The molecule has 0 radical (unpaired) electrons. The molecule has 0 saturated carbocycles. The number of hydrogen-bond donors (Lipinski definition) is 1. The van der Waals surface area contributed by atoms with Crippen LogP contribution >= 0.6 is 23.4 Å². The summed E-state index contributed by atoms with van der Waals surface area (Å²) >= 11 is 7.70. The summed E-state index contributed by atoms with van der Waals surface area (Å²) in [5.41, 5.74) is 4.07. The van der Waals surface area contributed by atoms with Crippen LogP contribution in [0.3, 0.4) is 0 Å². The van der Waals surface area contributed by atoms with E-state index in [9.17, 15) is 4.79 Å². The Kier molecular flexibility index (Phi) is 4.94. The highest BCUT2D eigenvalue weighted by Gasteiger charge is 2.23. The van der Waals surface area contributed by atoms with Gasteiger partial charge in [-0.25, -0.2) is 4.68 Å². The molecule has 2 heterocycles. The Bertz CT molecular complexity index is 960. The quantitative estimate of drug-likeness (QED) is 0.687. The lowest BCUT2D eigenvalue weighted by molar-refractivity contribution is 0.242. The van der Waals surface area contributed by atoms with Crippen molar-refractivity contribution in [3.8, 4) is 5.69 Å². The SMILES string of the molecule is CSc1ccc(CN2CCc3c([nH]n(-c4ccc(Cl)cc4)c3=O)C2)cc1. The molecule has 0 unspecified atom stereocenters. The first-order chi connectivity index (χ1) is 12.6. The monoisotopic (exact) mass is 385 g/mol. The Morgan fingerprint density at radius 3 is 2.54 bits per heavy atom. The van der Waals surface area contributed by atoms with E-state index >= 15 is 0 Å². The molecule has 134 valence electrons. The van der Waals surface area contributed by atoms with Crippen molar-refractivity contribution in [2.45, 2.75) is 24.4 Å². The first-order valence-electron chi connectivity index (χ1n) is 8.58. The number of benzene rings is 2. The highest BCUT2D eigenvalue weighted by atomic mass is 35.5. The summed E-state index contributed by atoms with van der Waals surface area (Å²) in [6.07, 6.45) is 2.86. The number of nitrogens with one attached hydrogen (secondary N) is 1. The number of aromatic nitrogens is 2. The van der Waals surface area contributed by atoms with Crippen LogP contribution in [-0.4, -0.2) is 27.5 Å². The summed E-state index contributed by atoms with van der Waals surface area (Å²) in [5.74, 6) is 0. The van der Waals surface area contributed by atoms with Crippen LogP contribution in [0.5, 0.6) is 0 Å². The number of halogens is 1. The number of rotatable bonds is 4. The summed E-state index contributed by atoms with van der Waals surface area (Å²) in [5, 5.41) is 3.95. The Balaban J connectivity index is 1.54. The zero-order valence-corrected chi connectivity index (χ0v) is 16.1. The zero-order chi connectivity index (χ0) is 18.1. The van der Waals surface area contributed by atoms with Gasteiger partial charge in [0, 0.05) is 35.1 Å². The van der Waals surface area contributed by atoms with Gasteiger partial charge < -0.3 is 0 Å². The van der Waals surface area contributed by atoms with Gasteiger partial charge in [-0.1, -0.05) is 23.7 Å². The van der Waals surface area contributed by atoms with Crippen molar-refractivity contribution < 1.29 is 0 Å². The summed E-state index contributed by atoms with van der Waals surface area (Å²) < 4.78 is 1.62. The summed E-state index contributed by atoms with van der Waals surface area (Å²) in [6, 6.07) is 16.0. The number of thioether (sulfide) groups is 1. The second kappa shape index (κ2) is 7.35. The van der Waals surface area contributed by atoms with Crippen LogP contribution < -0.4 is 5.56 Å². The molecule has 0 atom stereocenters. The fourth-order valence-electron chi connectivity index (χ4n) is 3.37. The van der Waals surface area contributed by atoms with Crippen molar-refractivity contribution in [3.05, 3.63) is 80.7 Å². The van der Waals surface area contributed by atoms with Crippen molar-refractivity contribution in [2.24, 2.45) is 0 Å². The summed E-state index contributed by atoms with van der Waals surface area (Å²) in [4.78, 5) is 16.4. The molecule has 1 N–H and O–H groups in total. The van der Waals surface area contributed by atoms with Crippen molar-refractivity contribution in [3.63, 3.8) is 0 Å². The Morgan fingerprint density at radius 1 is 1.12 bits per heavy atom. The van der Waals surface area contributed by atoms with Gasteiger partial charge in [0.25, 0.3) is 5.56 Å². The number of aromatic amines is 1. The molecule has 1 aromatic heterocycles. The molecule has 1 aliphatic rings. The van der Waals surface area contributed by atoms with Crippen molar-refractivity contribution in [1.82, 2.24) is 14.7 Å². The largest absolute Gasteiger partial charge is 0.293 e. The molecule has 0 fully saturated rings. The fraction of sp³-hybridized carbons (Fsp3) is 0.250. The van der Waals surface area contributed by atoms with E-state index in [0.717, 1.165) is 43.0 Å². The van der Waals surface area contributed by atoms with E-state index in [-0.39, 0.29) is 5.56 Å². The minimum Gasteiger partial charge on any atom is -0.293 e. The van der Waals surface area contributed by atoms with Crippen LogP contribution in [0.4, 0.5) is 0 Å². The predicted molar refractivity (Wildman–Crippen MR) is 107 cm³/mol. The third-order valence-electron chi connectivity index (χ3n) is 4.78. The standard InChI is InChI=1S/C20H20ClN3OS/c1-26-17-8-2-14(3-9-17)12-23-11-10-18-19(13-23)22-24(20(18)25)16-6-4-15(21)5-7-16/h2-9,22H,10-13H2,1H3. The van der Waals surface area contributed by atoms with E-state index in [1.165, 1.54) is 10.5 Å². The maximum atomic E-state index is 12.7. The number of fused-ring (bicyclic) bond motifs is 1. The smallest absolute Gasteiger partial charge is 0.274 e. The van der Waals surface area contributed by atoms with E-state index < -0.39 is 0 Å². The minimum atomic E-state index is 0.0475. The van der Waals surface area contributed by atoms with E-state index in [4.69, 9.17) is 11.6 Å². The molecule has 0 spiro atoms. The van der Waals surface area contributed by atoms with Crippen molar-refractivity contribution in [2.75, 3.05) is 12.8 Å². The normalized spacial score (nSPS) is 14.4. The third-order valence-corrected chi connectivity index (χ3v) is 5.78. The first kappa shape index (κ1) is 17.5. The third kappa shape index (κ3) is 3.47. The molecule has 0 aliphatic carbocycles. The molecular weight excluding hydrogens is 366 g/mol. The minimum absolute atomic E-state index is 0.0475. The van der Waals surface area contributed by atoms with Crippen LogP contribution in [0.2, 0.25) is 5.02 Å². The van der Waals surface area contributed by atoms with Gasteiger partial charge in [-0.3, -0.25) is 14.8 Å². The molecule has 4 rings (SSSR count). The van der Waals surface area contributed by atoms with Gasteiger partial charge in [-0.2, -0.15) is 0 Å². The lowest BCUT2D eigenvalue weighted by Gasteiger charge is -2.26. The van der Waals surface area contributed by atoms with Crippen LogP contribution in [-0.2, 0) is 19.5 Å². The van der Waals surface area contributed by atoms with E-state index in [1.807, 2.05) is 12.1 Å². The van der Waals surface area contributed by atoms with Crippen LogP contribution in [0.25, 0.3) is 5.69 Å².